The van der Waals surface area contributed by atoms with Gasteiger partial charge in [0.05, 0.1) is 23.2 Å². The first-order valence-corrected chi connectivity index (χ1v) is 8.91. The number of amides is 1. The van der Waals surface area contributed by atoms with E-state index in [0.717, 1.165) is 15.0 Å². The fourth-order valence-electron chi connectivity index (χ4n) is 2.25. The third-order valence-electron chi connectivity index (χ3n) is 3.50. The van der Waals surface area contributed by atoms with Crippen LogP contribution in [0.25, 0.3) is 5.69 Å². The minimum atomic E-state index is -0.279. The number of rotatable bonds is 4. The Kier molecular flexibility index (Phi) is 5.50. The molecule has 3 rings (SSSR count). The van der Waals surface area contributed by atoms with Gasteiger partial charge in [0.1, 0.15) is 5.15 Å². The first-order valence-electron chi connectivity index (χ1n) is 7.46. The highest BCUT2D eigenvalue weighted by atomic mass is 127. The van der Waals surface area contributed by atoms with Gasteiger partial charge in [0.25, 0.3) is 5.91 Å². The molecule has 1 N–H and O–H groups in total. The van der Waals surface area contributed by atoms with Crippen LogP contribution >= 0.6 is 34.2 Å². The van der Waals surface area contributed by atoms with Crippen LogP contribution in [0.2, 0.25) is 5.15 Å². The molecule has 25 heavy (non-hydrogen) atoms. The van der Waals surface area contributed by atoms with Gasteiger partial charge in [-0.05, 0) is 59.8 Å². The van der Waals surface area contributed by atoms with Crippen molar-refractivity contribution in [2.24, 2.45) is 5.10 Å². The average molecular weight is 465 g/mol. The summed E-state index contributed by atoms with van der Waals surface area (Å²) in [6, 6.07) is 16.9. The van der Waals surface area contributed by atoms with E-state index >= 15 is 0 Å². The van der Waals surface area contributed by atoms with E-state index in [-0.39, 0.29) is 5.91 Å². The number of benzene rings is 2. The molecule has 0 unspecified atom stereocenters. The second-order valence-corrected chi connectivity index (χ2v) is 6.85. The maximum absolute atomic E-state index is 12.1. The second-order valence-electron chi connectivity index (χ2n) is 5.25. The molecule has 0 fully saturated rings. The summed E-state index contributed by atoms with van der Waals surface area (Å²) in [4.78, 5) is 12.1. The number of carbonyl (C=O) groups is 1. The molecule has 0 atom stereocenters. The monoisotopic (exact) mass is 464 g/mol. The van der Waals surface area contributed by atoms with Crippen molar-refractivity contribution in [3.05, 3.63) is 80.1 Å². The summed E-state index contributed by atoms with van der Waals surface area (Å²) in [7, 11) is 0. The first kappa shape index (κ1) is 17.6. The van der Waals surface area contributed by atoms with E-state index in [1.54, 1.807) is 16.8 Å². The predicted molar refractivity (Wildman–Crippen MR) is 108 cm³/mol. The van der Waals surface area contributed by atoms with Crippen LogP contribution < -0.4 is 5.43 Å². The Morgan fingerprint density at radius 1 is 1.24 bits per heavy atom. The highest BCUT2D eigenvalue weighted by molar-refractivity contribution is 14.1. The van der Waals surface area contributed by atoms with Gasteiger partial charge in [-0.3, -0.25) is 4.79 Å². The molecule has 0 spiro atoms. The molecular formula is C18H14ClIN4O. The number of aromatic nitrogens is 2. The Morgan fingerprint density at radius 2 is 2.00 bits per heavy atom. The van der Waals surface area contributed by atoms with Crippen molar-refractivity contribution >= 4 is 46.3 Å². The minimum absolute atomic E-state index is 0.279. The number of hydrogen-bond donors (Lipinski definition) is 1. The van der Waals surface area contributed by atoms with Crippen molar-refractivity contribution in [1.29, 1.82) is 0 Å². The SMILES string of the molecule is Cc1nn(-c2ccccc2)c(Cl)c1/C=N\NC(=O)c1cccc(I)c1. The van der Waals surface area contributed by atoms with Crippen molar-refractivity contribution in [1.82, 2.24) is 15.2 Å². The Hall–Kier alpha value is -2.19. The second kappa shape index (κ2) is 7.79. The van der Waals surface area contributed by atoms with E-state index in [2.05, 4.69) is 38.2 Å². The smallest absolute Gasteiger partial charge is 0.267 e. The molecule has 7 heteroatoms. The summed E-state index contributed by atoms with van der Waals surface area (Å²) < 4.78 is 2.62. The van der Waals surface area contributed by atoms with Gasteiger partial charge in [-0.15, -0.1) is 0 Å². The van der Waals surface area contributed by atoms with E-state index in [0.29, 0.717) is 16.3 Å². The number of nitrogens with one attached hydrogen (secondary N) is 1. The fraction of sp³-hybridized carbons (Fsp3) is 0.0556. The third-order valence-corrected chi connectivity index (χ3v) is 4.53. The van der Waals surface area contributed by atoms with Crippen molar-refractivity contribution in [2.45, 2.75) is 6.92 Å². The van der Waals surface area contributed by atoms with Gasteiger partial charge in [0, 0.05) is 9.13 Å². The minimum Gasteiger partial charge on any atom is -0.267 e. The Balaban J connectivity index is 1.78. The van der Waals surface area contributed by atoms with E-state index in [9.17, 15) is 4.79 Å². The fourth-order valence-corrected chi connectivity index (χ4v) is 3.11. The molecule has 0 saturated heterocycles. The lowest BCUT2D eigenvalue weighted by Crippen LogP contribution is -2.17. The van der Waals surface area contributed by atoms with Gasteiger partial charge in [-0.2, -0.15) is 10.2 Å². The van der Waals surface area contributed by atoms with Crippen molar-refractivity contribution < 1.29 is 4.79 Å². The molecule has 0 bridgehead atoms. The molecule has 1 heterocycles. The lowest BCUT2D eigenvalue weighted by molar-refractivity contribution is 0.0955. The summed E-state index contributed by atoms with van der Waals surface area (Å²) >= 11 is 8.57. The lowest BCUT2D eigenvalue weighted by atomic mass is 10.2. The van der Waals surface area contributed by atoms with Crippen LogP contribution in [0.3, 0.4) is 0 Å². The molecule has 0 saturated carbocycles. The topological polar surface area (TPSA) is 59.3 Å². The molecule has 0 radical (unpaired) electrons. The van der Waals surface area contributed by atoms with E-state index in [4.69, 9.17) is 11.6 Å². The Morgan fingerprint density at radius 3 is 2.72 bits per heavy atom. The number of hydrazone groups is 1. The van der Waals surface area contributed by atoms with E-state index in [1.807, 2.05) is 49.4 Å². The first-order chi connectivity index (χ1) is 12.1. The molecule has 5 nitrogen and oxygen atoms in total. The predicted octanol–water partition coefficient (Wildman–Crippen LogP) is 4.20. The van der Waals surface area contributed by atoms with Gasteiger partial charge in [-0.1, -0.05) is 35.9 Å². The van der Waals surface area contributed by atoms with E-state index < -0.39 is 0 Å². The number of nitrogens with zero attached hydrogens (tertiary/aromatic N) is 3. The highest BCUT2D eigenvalue weighted by Gasteiger charge is 2.13. The van der Waals surface area contributed by atoms with Gasteiger partial charge < -0.3 is 0 Å². The standard InChI is InChI=1S/C18H14ClIN4O/c1-12-16(17(19)24(23-12)15-8-3-2-4-9-15)11-21-22-18(25)13-6-5-7-14(20)10-13/h2-11H,1H3,(H,22,25)/b21-11-. The van der Waals surface area contributed by atoms with Gasteiger partial charge in [-0.25, -0.2) is 10.1 Å². The molecule has 3 aromatic rings. The van der Waals surface area contributed by atoms with Gasteiger partial charge >= 0.3 is 0 Å². The van der Waals surface area contributed by atoms with Crippen LogP contribution in [0.15, 0.2) is 59.7 Å². The zero-order valence-electron chi connectivity index (χ0n) is 13.3. The lowest BCUT2D eigenvalue weighted by Gasteiger charge is -2.02. The van der Waals surface area contributed by atoms with Crippen LogP contribution in [-0.4, -0.2) is 21.9 Å². The quantitative estimate of drug-likeness (QED) is 0.357. The van der Waals surface area contributed by atoms with Crippen molar-refractivity contribution in [3.8, 4) is 5.69 Å². The largest absolute Gasteiger partial charge is 0.271 e. The summed E-state index contributed by atoms with van der Waals surface area (Å²) in [5, 5.41) is 8.88. The van der Waals surface area contributed by atoms with Crippen LogP contribution in [0.5, 0.6) is 0 Å². The number of carbonyl (C=O) groups excluding carboxylic acids is 1. The number of aryl methyl sites for hydroxylation is 1. The third kappa shape index (κ3) is 4.08. The maximum Gasteiger partial charge on any atom is 0.271 e. The molecule has 1 amide bonds. The number of halogens is 2. The van der Waals surface area contributed by atoms with Crippen LogP contribution in [0.4, 0.5) is 0 Å². The molecule has 1 aromatic heterocycles. The number of para-hydroxylation sites is 1. The summed E-state index contributed by atoms with van der Waals surface area (Å²) in [6.45, 7) is 1.84. The average Bonchev–Trinajstić information content (AvgIpc) is 2.90. The molecule has 0 aliphatic heterocycles. The summed E-state index contributed by atoms with van der Waals surface area (Å²) in [6.07, 6.45) is 1.51. The molecule has 0 aliphatic carbocycles. The normalized spacial score (nSPS) is 11.0. The summed E-state index contributed by atoms with van der Waals surface area (Å²) in [5.74, 6) is -0.279. The highest BCUT2D eigenvalue weighted by Crippen LogP contribution is 2.21. The van der Waals surface area contributed by atoms with Crippen LogP contribution in [-0.2, 0) is 0 Å². The Bertz CT molecular complexity index is 938. The zero-order chi connectivity index (χ0) is 17.8. The Labute approximate surface area is 163 Å². The molecule has 2 aromatic carbocycles. The number of hydrogen-bond acceptors (Lipinski definition) is 3. The molecular weight excluding hydrogens is 451 g/mol. The van der Waals surface area contributed by atoms with Gasteiger partial charge in [0.2, 0.25) is 0 Å². The molecule has 0 aliphatic rings. The van der Waals surface area contributed by atoms with Crippen molar-refractivity contribution in [2.75, 3.05) is 0 Å². The zero-order valence-corrected chi connectivity index (χ0v) is 16.2. The van der Waals surface area contributed by atoms with Crippen LogP contribution in [0, 0.1) is 10.5 Å². The van der Waals surface area contributed by atoms with E-state index in [1.165, 1.54) is 6.21 Å². The van der Waals surface area contributed by atoms with Gasteiger partial charge in [0.15, 0.2) is 0 Å². The maximum atomic E-state index is 12.1. The van der Waals surface area contributed by atoms with Crippen LogP contribution in [0.1, 0.15) is 21.6 Å². The molecule has 126 valence electrons. The van der Waals surface area contributed by atoms with Crippen molar-refractivity contribution in [3.63, 3.8) is 0 Å². The summed E-state index contributed by atoms with van der Waals surface area (Å²) in [5.41, 5.74) is 5.30.